The summed E-state index contributed by atoms with van der Waals surface area (Å²) in [6.45, 7) is 64.0. The predicted octanol–water partition coefficient (Wildman–Crippen LogP) is 22.4. The van der Waals surface area contributed by atoms with Gasteiger partial charge in [-0.2, -0.15) is 0 Å². The summed E-state index contributed by atoms with van der Waals surface area (Å²) >= 11 is 0. The molecule has 0 bridgehead atoms. The molecule has 0 atom stereocenters. The zero-order valence-electron chi connectivity index (χ0n) is 42.7. The normalized spacial score (nSPS) is 6.38. The monoisotopic (exact) mass is 703 g/mol. The van der Waals surface area contributed by atoms with Crippen LogP contribution in [0, 0.1) is 0 Å². The largest absolute Gasteiger partial charge is 0.0656 e. The van der Waals surface area contributed by atoms with Crippen molar-refractivity contribution in [2.24, 2.45) is 0 Å². The smallest absolute Gasteiger partial charge is 0.0538 e. The molecule has 0 saturated carbocycles. The maximum Gasteiger partial charge on any atom is -0.0538 e. The van der Waals surface area contributed by atoms with E-state index in [0.29, 0.717) is 0 Å². The molecule has 0 radical (unpaired) electrons. The van der Waals surface area contributed by atoms with Gasteiger partial charge in [-0.3, -0.25) is 0 Å². The number of hydrogen-bond acceptors (Lipinski definition) is 0. The van der Waals surface area contributed by atoms with E-state index in [4.69, 9.17) is 0 Å². The summed E-state index contributed by atoms with van der Waals surface area (Å²) in [6.07, 6.45) is 23.0. The van der Waals surface area contributed by atoms with Gasteiger partial charge in [0.25, 0.3) is 0 Å². The Balaban J connectivity index is -0.0000000188. The van der Waals surface area contributed by atoms with Crippen LogP contribution in [-0.2, 0) is 0 Å². The summed E-state index contributed by atoms with van der Waals surface area (Å²) in [5, 5.41) is 0. The molecule has 0 fully saturated rings. The van der Waals surface area contributed by atoms with Crippen molar-refractivity contribution >= 4 is 0 Å². The maximum absolute atomic E-state index is 2.21. The molecule has 0 aliphatic carbocycles. The highest BCUT2D eigenvalue weighted by molar-refractivity contribution is 4.24. The van der Waals surface area contributed by atoms with Crippen LogP contribution in [-0.4, -0.2) is 0 Å². The maximum atomic E-state index is 2.21. The molecule has 48 heavy (non-hydrogen) atoms. The molecule has 318 valence electrons. The van der Waals surface area contributed by atoms with E-state index < -0.39 is 0 Å². The van der Waals surface area contributed by atoms with Crippen LogP contribution in [0.25, 0.3) is 0 Å². The number of hydrogen-bond donors (Lipinski definition) is 0. The second-order valence-electron chi connectivity index (χ2n) is 11.5. The Hall–Kier alpha value is 0. The molecule has 0 aromatic carbocycles. The van der Waals surface area contributed by atoms with E-state index >= 15 is 0 Å². The van der Waals surface area contributed by atoms with E-state index in [9.17, 15) is 0 Å². The van der Waals surface area contributed by atoms with Crippen molar-refractivity contribution < 1.29 is 0 Å². The Labute approximate surface area is 322 Å². The molecule has 0 saturated heterocycles. The lowest BCUT2D eigenvalue weighted by atomic mass is 10.3. The molecule has 0 aromatic heterocycles. The van der Waals surface area contributed by atoms with Gasteiger partial charge in [-0.1, -0.05) is 323 Å². The average Bonchev–Trinajstić information content (AvgIpc) is 2.99. The molecular weight excluding hydrogens is 577 g/mol. The molecule has 0 unspecified atom stereocenters. The van der Waals surface area contributed by atoms with Crippen LogP contribution in [0.15, 0.2) is 0 Å². The second-order valence-corrected chi connectivity index (χ2v) is 11.5. The Morgan fingerprint density at radius 2 is 0.188 bits per heavy atom. The van der Waals surface area contributed by atoms with Gasteiger partial charge in [0.05, 0.1) is 0 Å². The fourth-order valence-electron chi connectivity index (χ4n) is 0.354. The van der Waals surface area contributed by atoms with Crippen LogP contribution in [0.2, 0.25) is 0 Å². The van der Waals surface area contributed by atoms with Crippen LogP contribution in [0.4, 0.5) is 0 Å². The minimum atomic E-state index is 1.25. The fourth-order valence-corrected chi connectivity index (χ4v) is 0.354. The first-order valence-electron chi connectivity index (χ1n) is 22.7. The predicted molar refractivity (Wildman–Crippen MR) is 253 cm³/mol. The van der Waals surface area contributed by atoms with Crippen LogP contribution in [0.3, 0.4) is 0 Å². The first kappa shape index (κ1) is 97.4. The van der Waals surface area contributed by atoms with Crippen LogP contribution in [0.5, 0.6) is 0 Å². The van der Waals surface area contributed by atoms with Crippen molar-refractivity contribution in [3.8, 4) is 0 Å². The van der Waals surface area contributed by atoms with Crippen LogP contribution < -0.4 is 0 Å². The van der Waals surface area contributed by atoms with E-state index in [0.717, 1.165) is 0 Å². The molecule has 0 amide bonds. The lowest BCUT2D eigenvalue weighted by Gasteiger charge is -1.79. The van der Waals surface area contributed by atoms with Crippen LogP contribution >= 0.6 is 0 Å². The number of unbranched alkanes of at least 4 members (excludes halogenated alkanes) is 3. The molecule has 0 aliphatic heterocycles. The van der Waals surface area contributed by atoms with Gasteiger partial charge >= 0.3 is 0 Å². The Morgan fingerprint density at radius 3 is 0.188 bits per heavy atom. The van der Waals surface area contributed by atoms with Crippen molar-refractivity contribution in [3.05, 3.63) is 0 Å². The molecule has 0 spiro atoms. The van der Waals surface area contributed by atoms with E-state index in [1.165, 1.54) is 116 Å². The molecule has 0 rings (SSSR count). The fraction of sp³-hybridized carbons (Fsp3) is 1.00. The summed E-state index contributed by atoms with van der Waals surface area (Å²) in [6, 6.07) is 0. The van der Waals surface area contributed by atoms with Gasteiger partial charge in [0.1, 0.15) is 0 Å². The van der Waals surface area contributed by atoms with Crippen molar-refractivity contribution in [1.29, 1.82) is 0 Å². The van der Waals surface area contributed by atoms with E-state index in [1.54, 1.807) is 0 Å². The topological polar surface area (TPSA) is 0 Å². The lowest BCUT2D eigenvalue weighted by Crippen LogP contribution is -1.59. The summed E-state index contributed by atoms with van der Waals surface area (Å²) in [5.41, 5.74) is 0. The van der Waals surface area contributed by atoms with Gasteiger partial charge in [0.15, 0.2) is 0 Å². The minimum Gasteiger partial charge on any atom is -0.0656 e. The molecule has 0 heterocycles. The molecule has 0 aliphatic rings. The Morgan fingerprint density at radius 1 is 0.125 bits per heavy atom. The van der Waals surface area contributed by atoms with E-state index in [-0.39, 0.29) is 0 Å². The first-order chi connectivity index (χ1) is 22.7. The molecule has 0 heteroatoms. The highest BCUT2D eigenvalue weighted by Crippen LogP contribution is 1.88. The van der Waals surface area contributed by atoms with E-state index in [1.807, 2.05) is 0 Å². The SMILES string of the molecule is CCC.CCC.CCC.CCC.CCC.CCC.CCC.CCC.CCC.CCC.CCC.CCC.CCC.CCCC.CCCCC. The molecule has 0 aromatic rings. The van der Waals surface area contributed by atoms with Gasteiger partial charge in [-0.15, -0.1) is 0 Å². The van der Waals surface area contributed by atoms with Crippen molar-refractivity contribution in [1.82, 2.24) is 0 Å². The van der Waals surface area contributed by atoms with Crippen molar-refractivity contribution in [2.75, 3.05) is 0 Å². The zero-order chi connectivity index (χ0) is 42.7. The lowest BCUT2D eigenvalue weighted by molar-refractivity contribution is 0.772. The highest BCUT2D eigenvalue weighted by Gasteiger charge is 1.68. The van der Waals surface area contributed by atoms with Gasteiger partial charge in [-0.05, 0) is 0 Å². The van der Waals surface area contributed by atoms with Crippen molar-refractivity contribution in [2.45, 2.75) is 323 Å². The Kier molecular flexibility index (Phi) is 623. The highest BCUT2D eigenvalue weighted by atomic mass is 13.7. The van der Waals surface area contributed by atoms with Crippen LogP contribution in [0.1, 0.15) is 323 Å². The van der Waals surface area contributed by atoms with Gasteiger partial charge in [0, 0.05) is 0 Å². The summed E-state index contributed by atoms with van der Waals surface area (Å²) in [4.78, 5) is 0. The quantitative estimate of drug-likeness (QED) is 0.275. The summed E-state index contributed by atoms with van der Waals surface area (Å²) in [7, 11) is 0. The Bertz CT molecular complexity index is 98.0. The standard InChI is InChI=1S/C5H12.C4H10.13C3H8/c1-3-5-4-2;1-3-4-2;13*1-3-2/h3-5H2,1-2H3;3-4H2,1-2H3;13*3H2,1-2H3. The number of rotatable bonds is 3. The third-order valence-corrected chi connectivity index (χ3v) is 1.21. The van der Waals surface area contributed by atoms with Gasteiger partial charge in [0.2, 0.25) is 0 Å². The average molecular weight is 704 g/mol. The van der Waals surface area contributed by atoms with E-state index in [2.05, 4.69) is 208 Å². The minimum absolute atomic E-state index is 1.25. The second kappa shape index (κ2) is 307. The molecular formula is C48H126. The van der Waals surface area contributed by atoms with Gasteiger partial charge < -0.3 is 0 Å². The third kappa shape index (κ3) is 10400. The molecule has 0 N–H and O–H groups in total. The van der Waals surface area contributed by atoms with Crippen molar-refractivity contribution in [3.63, 3.8) is 0 Å². The molecule has 0 nitrogen and oxygen atoms in total. The summed E-state index contributed by atoms with van der Waals surface area (Å²) < 4.78 is 0. The van der Waals surface area contributed by atoms with Gasteiger partial charge in [-0.25, -0.2) is 0 Å². The zero-order valence-corrected chi connectivity index (χ0v) is 42.7. The summed E-state index contributed by atoms with van der Waals surface area (Å²) in [5.74, 6) is 0. The first-order valence-corrected chi connectivity index (χ1v) is 22.7. The third-order valence-electron chi connectivity index (χ3n) is 1.21.